The van der Waals surface area contributed by atoms with E-state index < -0.39 is 7.51 Å². The van der Waals surface area contributed by atoms with Crippen LogP contribution < -0.4 is 5.32 Å². The van der Waals surface area contributed by atoms with Crippen molar-refractivity contribution in [3.05, 3.63) is 71.8 Å². The summed E-state index contributed by atoms with van der Waals surface area (Å²) in [7, 11) is -4.17. The van der Waals surface area contributed by atoms with Gasteiger partial charge in [0.25, 0.3) is 0 Å². The SMILES string of the molecule is CP(O)(OCc1ccccc1)(OCc1ccccc1)OC1CNC1. The van der Waals surface area contributed by atoms with Gasteiger partial charge in [-0.15, -0.1) is 0 Å². The third-order valence-electron chi connectivity index (χ3n) is 3.86. The Morgan fingerprint density at radius 3 is 1.75 bits per heavy atom. The van der Waals surface area contributed by atoms with Crippen molar-refractivity contribution >= 4 is 7.51 Å². The molecular weight excluding hydrogens is 325 g/mol. The second kappa shape index (κ2) is 7.28. The Bertz CT molecular complexity index is 599. The zero-order valence-corrected chi connectivity index (χ0v) is 14.7. The second-order valence-corrected chi connectivity index (χ2v) is 9.28. The molecule has 1 fully saturated rings. The predicted molar refractivity (Wildman–Crippen MR) is 95.3 cm³/mol. The van der Waals surface area contributed by atoms with Crippen molar-refractivity contribution in [2.24, 2.45) is 0 Å². The van der Waals surface area contributed by atoms with Gasteiger partial charge >= 0.3 is 142 Å². The van der Waals surface area contributed by atoms with Crippen molar-refractivity contribution in [3.63, 3.8) is 0 Å². The fourth-order valence-corrected chi connectivity index (χ4v) is 4.26. The molecule has 0 amide bonds. The summed E-state index contributed by atoms with van der Waals surface area (Å²) in [6.07, 6.45) is -0.0933. The van der Waals surface area contributed by atoms with Gasteiger partial charge in [-0.1, -0.05) is 0 Å². The molecule has 2 aromatic carbocycles. The Morgan fingerprint density at radius 1 is 0.917 bits per heavy atom. The first-order valence-electron chi connectivity index (χ1n) is 8.06. The molecular formula is C18H24NO4P. The van der Waals surface area contributed by atoms with E-state index in [0.717, 1.165) is 11.1 Å². The van der Waals surface area contributed by atoms with Crippen molar-refractivity contribution in [2.45, 2.75) is 19.3 Å². The zero-order chi connectivity index (χ0) is 16.9. The zero-order valence-electron chi connectivity index (χ0n) is 13.8. The molecule has 0 radical (unpaired) electrons. The monoisotopic (exact) mass is 349 g/mol. The van der Waals surface area contributed by atoms with Gasteiger partial charge in [-0.05, 0) is 0 Å². The van der Waals surface area contributed by atoms with E-state index in [2.05, 4.69) is 5.32 Å². The minimum absolute atomic E-state index is 0.0933. The van der Waals surface area contributed by atoms with Gasteiger partial charge in [0.15, 0.2) is 0 Å². The van der Waals surface area contributed by atoms with E-state index in [4.69, 9.17) is 13.6 Å². The van der Waals surface area contributed by atoms with E-state index in [1.165, 1.54) is 0 Å². The quantitative estimate of drug-likeness (QED) is 0.717. The van der Waals surface area contributed by atoms with Crippen molar-refractivity contribution in [3.8, 4) is 0 Å². The molecule has 0 bridgehead atoms. The molecule has 0 atom stereocenters. The summed E-state index contributed by atoms with van der Waals surface area (Å²) in [4.78, 5) is 11.2. The summed E-state index contributed by atoms with van der Waals surface area (Å²) in [6, 6.07) is 19.4. The van der Waals surface area contributed by atoms with Crippen LogP contribution in [-0.4, -0.2) is 30.8 Å². The first-order chi connectivity index (χ1) is 11.5. The molecule has 5 nitrogen and oxygen atoms in total. The molecule has 0 unspecified atom stereocenters. The third-order valence-corrected chi connectivity index (χ3v) is 6.07. The fourth-order valence-electron chi connectivity index (χ4n) is 2.36. The summed E-state index contributed by atoms with van der Waals surface area (Å²) in [5.74, 6) is 0. The van der Waals surface area contributed by atoms with E-state index in [9.17, 15) is 4.89 Å². The summed E-state index contributed by atoms with van der Waals surface area (Å²) < 4.78 is 17.6. The third kappa shape index (κ3) is 4.84. The van der Waals surface area contributed by atoms with Crippen LogP contribution in [0.1, 0.15) is 11.1 Å². The van der Waals surface area contributed by atoms with E-state index in [0.29, 0.717) is 13.1 Å². The van der Waals surface area contributed by atoms with Gasteiger partial charge in [0.2, 0.25) is 0 Å². The Kier molecular flexibility index (Phi) is 5.30. The molecule has 6 heteroatoms. The van der Waals surface area contributed by atoms with E-state index in [1.54, 1.807) is 6.66 Å². The molecule has 2 aromatic rings. The number of hydrogen-bond donors (Lipinski definition) is 2. The van der Waals surface area contributed by atoms with Gasteiger partial charge in [0.1, 0.15) is 0 Å². The standard InChI is InChI=1S/C18H24NO4P/c1-24(20,23-18-12-19-13-18,21-14-16-8-4-2-5-9-16)22-15-17-10-6-3-7-11-17/h2-11,18-20H,12-15H2,1H3. The van der Waals surface area contributed by atoms with E-state index >= 15 is 0 Å². The molecule has 1 aliphatic rings. The molecule has 0 saturated carbocycles. The van der Waals surface area contributed by atoms with Gasteiger partial charge in [0, 0.05) is 0 Å². The summed E-state index contributed by atoms with van der Waals surface area (Å²) in [5, 5.41) is 3.12. The molecule has 24 heavy (non-hydrogen) atoms. The van der Waals surface area contributed by atoms with Crippen LogP contribution in [0.4, 0.5) is 0 Å². The van der Waals surface area contributed by atoms with Crippen molar-refractivity contribution in [1.29, 1.82) is 0 Å². The predicted octanol–water partition coefficient (Wildman–Crippen LogP) is 3.24. The molecule has 3 rings (SSSR count). The maximum atomic E-state index is 11.2. The molecule has 0 aliphatic carbocycles. The van der Waals surface area contributed by atoms with Crippen LogP contribution in [0.15, 0.2) is 60.7 Å². The average Bonchev–Trinajstić information content (AvgIpc) is 2.58. The fraction of sp³-hybridized carbons (Fsp3) is 0.333. The number of rotatable bonds is 8. The van der Waals surface area contributed by atoms with Crippen LogP contribution in [-0.2, 0) is 26.8 Å². The summed E-state index contributed by atoms with van der Waals surface area (Å²) in [6.45, 7) is 3.41. The van der Waals surface area contributed by atoms with Crippen molar-refractivity contribution in [2.75, 3.05) is 19.8 Å². The topological polar surface area (TPSA) is 60.0 Å². The molecule has 1 saturated heterocycles. The van der Waals surface area contributed by atoms with Gasteiger partial charge in [-0.25, -0.2) is 0 Å². The number of nitrogens with one attached hydrogen (secondary N) is 1. The van der Waals surface area contributed by atoms with Crippen LogP contribution in [0.2, 0.25) is 0 Å². The second-order valence-electron chi connectivity index (χ2n) is 6.12. The van der Waals surface area contributed by atoms with Crippen molar-refractivity contribution < 1.29 is 18.5 Å². The van der Waals surface area contributed by atoms with Gasteiger partial charge < -0.3 is 0 Å². The average molecular weight is 349 g/mol. The van der Waals surface area contributed by atoms with Gasteiger partial charge in [0.05, 0.1) is 0 Å². The summed E-state index contributed by atoms with van der Waals surface area (Å²) in [5.41, 5.74) is 1.92. The molecule has 130 valence electrons. The van der Waals surface area contributed by atoms with Gasteiger partial charge in [-0.2, -0.15) is 0 Å². The van der Waals surface area contributed by atoms with Crippen LogP contribution in [0.25, 0.3) is 0 Å². The molecule has 2 N–H and O–H groups in total. The van der Waals surface area contributed by atoms with E-state index in [1.807, 2.05) is 60.7 Å². The molecule has 1 heterocycles. The molecule has 0 spiro atoms. The van der Waals surface area contributed by atoms with Crippen molar-refractivity contribution in [1.82, 2.24) is 5.32 Å². The first-order valence-corrected chi connectivity index (χ1v) is 10.4. The van der Waals surface area contributed by atoms with Crippen LogP contribution in [0.3, 0.4) is 0 Å². The Labute approximate surface area is 142 Å². The maximum absolute atomic E-state index is 11.2. The minimum atomic E-state index is -4.17. The molecule has 1 aliphatic heterocycles. The normalized spacial score (nSPS) is 17.0. The Balaban J connectivity index is 1.69. The van der Waals surface area contributed by atoms with Crippen LogP contribution in [0.5, 0.6) is 0 Å². The van der Waals surface area contributed by atoms with E-state index in [-0.39, 0.29) is 19.3 Å². The van der Waals surface area contributed by atoms with Crippen LogP contribution in [0, 0.1) is 0 Å². The Morgan fingerprint density at radius 2 is 1.38 bits per heavy atom. The molecule has 0 aromatic heterocycles. The summed E-state index contributed by atoms with van der Waals surface area (Å²) >= 11 is 0. The Hall–Kier alpha value is -1.33. The van der Waals surface area contributed by atoms with Crippen LogP contribution >= 0.6 is 7.51 Å². The number of hydrogen-bond acceptors (Lipinski definition) is 5. The number of benzene rings is 2. The van der Waals surface area contributed by atoms with Gasteiger partial charge in [-0.3, -0.25) is 0 Å². The first kappa shape index (κ1) is 17.5.